The first-order valence-corrected chi connectivity index (χ1v) is 10.9. The number of nitrogen functional groups attached to an aromatic ring is 3. The molecule has 17 heteroatoms. The molecule has 2 aliphatic heterocycles. The Labute approximate surface area is 214 Å². The fourth-order valence-corrected chi connectivity index (χ4v) is 3.31. The van der Waals surface area contributed by atoms with Crippen molar-refractivity contribution in [3.05, 3.63) is 72.8 Å². The Morgan fingerprint density at radius 1 is 0.737 bits per heavy atom. The van der Waals surface area contributed by atoms with Crippen LogP contribution in [0.1, 0.15) is 0 Å². The molecule has 0 saturated carbocycles. The van der Waals surface area contributed by atoms with Gasteiger partial charge >= 0.3 is 5.82 Å². The second kappa shape index (κ2) is 11.9. The largest absolute Gasteiger partial charge is 0.489 e. The number of nitrogens with one attached hydrogen (secondary N) is 3. The van der Waals surface area contributed by atoms with E-state index in [9.17, 15) is 30.3 Å². The molecule has 17 nitrogen and oxygen atoms in total. The smallest absolute Gasteiger partial charge is 0.388 e. The molecule has 2 aliphatic rings. The molecule has 3 heterocycles. The van der Waals surface area contributed by atoms with E-state index in [0.717, 1.165) is 24.5 Å². The average molecular weight is 528 g/mol. The summed E-state index contributed by atoms with van der Waals surface area (Å²) in [4.78, 5) is 33.0. The van der Waals surface area contributed by atoms with E-state index in [1.807, 2.05) is 0 Å². The normalized spacial score (nSPS) is 12.5. The molecule has 0 atom stereocenters. The van der Waals surface area contributed by atoms with Gasteiger partial charge < -0.3 is 48.0 Å². The van der Waals surface area contributed by atoms with Crippen LogP contribution in [-0.4, -0.2) is 46.0 Å². The number of benzene rings is 2. The number of nitro groups is 3. The van der Waals surface area contributed by atoms with Crippen molar-refractivity contribution in [2.45, 2.75) is 0 Å². The van der Waals surface area contributed by atoms with Gasteiger partial charge in [0.05, 0.1) is 26.9 Å². The lowest BCUT2D eigenvalue weighted by Crippen LogP contribution is -2.20. The molecule has 0 amide bonds. The molecule has 38 heavy (non-hydrogen) atoms. The number of nitro benzene ring substituents is 2. The van der Waals surface area contributed by atoms with Gasteiger partial charge in [-0.15, -0.1) is 0 Å². The van der Waals surface area contributed by atoms with Gasteiger partial charge in [-0.05, 0) is 22.0 Å². The molecular formula is C21H24N10O7. The zero-order chi connectivity index (χ0) is 27.8. The fourth-order valence-electron chi connectivity index (χ4n) is 3.31. The van der Waals surface area contributed by atoms with Crippen LogP contribution in [0.5, 0.6) is 5.75 Å². The second-order valence-corrected chi connectivity index (χ2v) is 7.69. The Morgan fingerprint density at radius 2 is 1.42 bits per heavy atom. The number of fused-ring (bicyclic) bond motifs is 2. The van der Waals surface area contributed by atoms with E-state index in [-0.39, 0.29) is 28.6 Å². The first kappa shape index (κ1) is 27.0. The Morgan fingerprint density at radius 3 is 2.05 bits per heavy atom. The van der Waals surface area contributed by atoms with Crippen molar-refractivity contribution in [2.75, 3.05) is 59.4 Å². The molecule has 5 rings (SSSR count). The molecule has 0 bridgehead atoms. The molecule has 2 aromatic carbocycles. The van der Waals surface area contributed by atoms with Gasteiger partial charge in [0, 0.05) is 50.0 Å². The summed E-state index contributed by atoms with van der Waals surface area (Å²) in [5.41, 5.74) is 18.4. The monoisotopic (exact) mass is 528 g/mol. The molecule has 9 N–H and O–H groups in total. The predicted molar refractivity (Wildman–Crippen MR) is 141 cm³/mol. The molecule has 0 radical (unpaired) electrons. The van der Waals surface area contributed by atoms with E-state index in [4.69, 9.17) is 21.9 Å². The second-order valence-electron chi connectivity index (χ2n) is 7.69. The molecule has 0 saturated heterocycles. The lowest BCUT2D eigenvalue weighted by molar-refractivity contribution is -0.388. The number of rotatable bonds is 3. The Kier molecular flexibility index (Phi) is 8.44. The summed E-state index contributed by atoms with van der Waals surface area (Å²) in [5.74, 6) is 0.259. The van der Waals surface area contributed by atoms with Gasteiger partial charge in [0.25, 0.3) is 11.4 Å². The van der Waals surface area contributed by atoms with Crippen LogP contribution in [0.15, 0.2) is 42.5 Å². The first-order chi connectivity index (χ1) is 18.1. The van der Waals surface area contributed by atoms with Crippen LogP contribution in [0.4, 0.5) is 51.4 Å². The van der Waals surface area contributed by atoms with Gasteiger partial charge in [-0.1, -0.05) is 0 Å². The number of hydrogen-bond donors (Lipinski definition) is 6. The fraction of sp³-hybridized carbons (Fsp3) is 0.190. The van der Waals surface area contributed by atoms with Crippen LogP contribution in [0.3, 0.4) is 0 Å². The van der Waals surface area contributed by atoms with Crippen molar-refractivity contribution in [2.24, 2.45) is 0 Å². The highest BCUT2D eigenvalue weighted by Crippen LogP contribution is 2.35. The Hall–Kier alpha value is -5.61. The maximum Gasteiger partial charge on any atom is 0.388 e. The van der Waals surface area contributed by atoms with E-state index in [1.54, 1.807) is 12.1 Å². The van der Waals surface area contributed by atoms with Crippen LogP contribution >= 0.6 is 0 Å². The summed E-state index contributed by atoms with van der Waals surface area (Å²) < 4.78 is 5.27. The van der Waals surface area contributed by atoms with Crippen LogP contribution in [0.25, 0.3) is 0 Å². The van der Waals surface area contributed by atoms with E-state index >= 15 is 0 Å². The molecule has 1 aromatic heterocycles. The number of non-ortho nitro benzene ring substituents is 1. The van der Waals surface area contributed by atoms with E-state index in [0.29, 0.717) is 24.6 Å². The van der Waals surface area contributed by atoms with Gasteiger partial charge in [-0.2, -0.15) is 0 Å². The minimum atomic E-state index is -0.675. The van der Waals surface area contributed by atoms with Crippen molar-refractivity contribution in [1.29, 1.82) is 0 Å². The van der Waals surface area contributed by atoms with Crippen molar-refractivity contribution >= 4 is 51.4 Å². The number of nitrogens with zero attached hydrogens (tertiary/aromatic N) is 4. The van der Waals surface area contributed by atoms with Crippen LogP contribution < -0.4 is 37.9 Å². The van der Waals surface area contributed by atoms with E-state index in [1.165, 1.54) is 30.3 Å². The molecule has 0 fully saturated rings. The third-order valence-corrected chi connectivity index (χ3v) is 5.07. The highest BCUT2D eigenvalue weighted by molar-refractivity contribution is 5.74. The van der Waals surface area contributed by atoms with Crippen molar-refractivity contribution in [1.82, 2.24) is 4.98 Å². The Balaban J connectivity index is 0.000000159. The van der Waals surface area contributed by atoms with Gasteiger partial charge in [0.15, 0.2) is 0 Å². The van der Waals surface area contributed by atoms with Crippen LogP contribution in [0.2, 0.25) is 0 Å². The number of aromatic nitrogens is 1. The van der Waals surface area contributed by atoms with Gasteiger partial charge in [-0.25, -0.2) is 0 Å². The van der Waals surface area contributed by atoms with Gasteiger partial charge in [0.1, 0.15) is 23.7 Å². The highest BCUT2D eigenvalue weighted by Gasteiger charge is 2.19. The van der Waals surface area contributed by atoms with Crippen LogP contribution in [-0.2, 0) is 0 Å². The highest BCUT2D eigenvalue weighted by atomic mass is 16.6. The average Bonchev–Trinajstić information content (AvgIpc) is 2.89. The number of pyridine rings is 1. The minimum Gasteiger partial charge on any atom is -0.489 e. The molecule has 200 valence electrons. The summed E-state index contributed by atoms with van der Waals surface area (Å²) in [6.45, 7) is 2.84. The van der Waals surface area contributed by atoms with Crippen molar-refractivity contribution in [3.63, 3.8) is 0 Å². The van der Waals surface area contributed by atoms with Crippen molar-refractivity contribution < 1.29 is 19.5 Å². The van der Waals surface area contributed by atoms with Crippen LogP contribution in [0, 0.1) is 30.3 Å². The summed E-state index contributed by atoms with van der Waals surface area (Å²) in [5, 5.41) is 40.4. The first-order valence-electron chi connectivity index (χ1n) is 10.9. The number of nitrogens with two attached hydrogens (primary N) is 3. The summed E-state index contributed by atoms with van der Waals surface area (Å²) in [6, 6.07) is 10.4. The van der Waals surface area contributed by atoms with Gasteiger partial charge in [0.2, 0.25) is 5.82 Å². The Bertz CT molecular complexity index is 1370. The topological polar surface area (TPSA) is 266 Å². The molecule has 0 aliphatic carbocycles. The number of anilines is 6. The standard InChI is InChI=1S/C8H9N3O3.C8H9N3O2.C5H6N4O2/c9-5-3-8-6(10-1-2-14-8)4-7(5)11(12)13;12-11(13)6-1-2-7-8(5-6)10-4-3-9-7;6-3-1-2-4(7)8-5(3)9(10)11/h3-4,10H,1-2,9H2;1-2,5,9-10H,3-4H2;1-2H,6H2,(H2,7,8). The lowest BCUT2D eigenvalue weighted by atomic mass is 10.2. The maximum atomic E-state index is 10.6. The maximum absolute atomic E-state index is 10.6. The molecule has 3 aromatic rings. The summed E-state index contributed by atoms with van der Waals surface area (Å²) >= 11 is 0. The van der Waals surface area contributed by atoms with Gasteiger partial charge in [-0.3, -0.25) is 20.2 Å². The molecular weight excluding hydrogens is 504 g/mol. The zero-order valence-corrected chi connectivity index (χ0v) is 19.7. The summed E-state index contributed by atoms with van der Waals surface area (Å²) in [7, 11) is 0. The van der Waals surface area contributed by atoms with Crippen molar-refractivity contribution in [3.8, 4) is 5.75 Å². The predicted octanol–water partition coefficient (Wildman–Crippen LogP) is 2.57. The third-order valence-electron chi connectivity index (χ3n) is 5.07. The zero-order valence-electron chi connectivity index (χ0n) is 19.7. The lowest BCUT2D eigenvalue weighted by Gasteiger charge is -2.18. The molecule has 0 unspecified atom stereocenters. The summed E-state index contributed by atoms with van der Waals surface area (Å²) in [6.07, 6.45) is 0. The van der Waals surface area contributed by atoms with E-state index < -0.39 is 20.6 Å². The molecule has 0 spiro atoms. The minimum absolute atomic E-state index is 0.0178. The number of ether oxygens (including phenoxy) is 1. The number of hydrogen-bond acceptors (Lipinski definition) is 14. The third kappa shape index (κ3) is 6.74. The van der Waals surface area contributed by atoms with E-state index in [2.05, 4.69) is 20.9 Å². The SMILES string of the molecule is Nc1cc2c(cc1[N+](=O)[O-])NCCO2.Nc1ccc(N)c([N+](=O)[O-])n1.O=[N+]([O-])c1ccc2c(c1)NCCN2. The quantitative estimate of drug-likeness (QED) is 0.162.